The van der Waals surface area contributed by atoms with Crippen molar-refractivity contribution in [2.45, 2.75) is 13.0 Å². The third-order valence-corrected chi connectivity index (χ3v) is 5.43. The highest BCUT2D eigenvalue weighted by Gasteiger charge is 2.15. The van der Waals surface area contributed by atoms with Crippen molar-refractivity contribution in [2.24, 2.45) is 0 Å². The summed E-state index contributed by atoms with van der Waals surface area (Å²) in [6.07, 6.45) is 2.33. The lowest BCUT2D eigenvalue weighted by Crippen LogP contribution is -2.31. The van der Waals surface area contributed by atoms with Crippen LogP contribution in [0.3, 0.4) is 0 Å². The van der Waals surface area contributed by atoms with E-state index in [-0.39, 0.29) is 0 Å². The zero-order chi connectivity index (χ0) is 20.5. The predicted octanol–water partition coefficient (Wildman–Crippen LogP) is 4.15. The van der Waals surface area contributed by atoms with Gasteiger partial charge in [-0.15, -0.1) is 0 Å². The molecule has 0 aliphatic carbocycles. The van der Waals surface area contributed by atoms with E-state index in [0.29, 0.717) is 24.0 Å². The maximum atomic E-state index is 12.8. The van der Waals surface area contributed by atoms with Crippen LogP contribution in [-0.2, 0) is 13.0 Å². The van der Waals surface area contributed by atoms with Crippen LogP contribution in [0.5, 0.6) is 0 Å². The monoisotopic (exact) mass is 393 g/mol. The largest absolute Gasteiger partial charge is 0.330 e. The van der Waals surface area contributed by atoms with Crippen LogP contribution in [0.2, 0.25) is 0 Å². The lowest BCUT2D eigenvalue weighted by molar-refractivity contribution is 0.666. The summed E-state index contributed by atoms with van der Waals surface area (Å²) < 4.78 is 1.55. The summed E-state index contributed by atoms with van der Waals surface area (Å²) in [6.45, 7) is 0.433. The fourth-order valence-electron chi connectivity index (χ4n) is 3.98. The zero-order valence-electron chi connectivity index (χ0n) is 16.2. The van der Waals surface area contributed by atoms with Gasteiger partial charge in [-0.3, -0.25) is 14.3 Å². The summed E-state index contributed by atoms with van der Waals surface area (Å²) in [6, 6.07) is 25.9. The van der Waals surface area contributed by atoms with Crippen molar-refractivity contribution in [2.75, 3.05) is 0 Å². The number of hydrogen-bond donors (Lipinski definition) is 1. The topological polar surface area (TPSA) is 67.8 Å². The molecular formula is C25H19N3O2. The van der Waals surface area contributed by atoms with Gasteiger partial charge in [0.15, 0.2) is 0 Å². The van der Waals surface area contributed by atoms with Gasteiger partial charge >= 0.3 is 5.69 Å². The molecule has 5 nitrogen and oxygen atoms in total. The van der Waals surface area contributed by atoms with Crippen LogP contribution in [0.4, 0.5) is 0 Å². The van der Waals surface area contributed by atoms with Crippen LogP contribution < -0.4 is 11.2 Å². The Balaban J connectivity index is 1.72. The summed E-state index contributed by atoms with van der Waals surface area (Å²) in [5, 5.41) is 2.57. The average molecular weight is 393 g/mol. The first-order chi connectivity index (χ1) is 14.7. The van der Waals surface area contributed by atoms with E-state index in [1.54, 1.807) is 10.8 Å². The number of benzene rings is 3. The average Bonchev–Trinajstić information content (AvgIpc) is 2.79. The molecule has 0 unspecified atom stereocenters. The molecule has 0 saturated carbocycles. The molecule has 2 aromatic heterocycles. The van der Waals surface area contributed by atoms with E-state index in [0.717, 1.165) is 27.5 Å². The summed E-state index contributed by atoms with van der Waals surface area (Å²) in [4.78, 5) is 32.4. The second-order valence-corrected chi connectivity index (χ2v) is 7.23. The molecule has 0 saturated heterocycles. The number of nitrogens with one attached hydrogen (secondary N) is 1. The molecule has 5 rings (SSSR count). The number of nitrogens with zero attached hydrogens (tertiary/aromatic N) is 2. The van der Waals surface area contributed by atoms with E-state index < -0.39 is 11.2 Å². The van der Waals surface area contributed by atoms with Crippen molar-refractivity contribution in [3.8, 4) is 11.1 Å². The molecular weight excluding hydrogens is 374 g/mol. The molecule has 0 aliphatic heterocycles. The van der Waals surface area contributed by atoms with Gasteiger partial charge in [-0.2, -0.15) is 0 Å². The number of aryl methyl sites for hydroxylation is 2. The van der Waals surface area contributed by atoms with Gasteiger partial charge in [-0.1, -0.05) is 72.8 Å². The molecule has 0 fully saturated rings. The first-order valence-electron chi connectivity index (χ1n) is 9.86. The number of H-pyrrole nitrogens is 1. The molecule has 0 atom stereocenters. The van der Waals surface area contributed by atoms with Crippen LogP contribution in [0, 0.1) is 0 Å². The number of aromatic amines is 1. The van der Waals surface area contributed by atoms with Gasteiger partial charge in [-0.05, 0) is 34.4 Å². The van der Waals surface area contributed by atoms with Crippen molar-refractivity contribution >= 4 is 21.8 Å². The third-order valence-electron chi connectivity index (χ3n) is 5.43. The second kappa shape index (κ2) is 7.44. The van der Waals surface area contributed by atoms with Gasteiger partial charge in [0, 0.05) is 18.3 Å². The second-order valence-electron chi connectivity index (χ2n) is 7.23. The van der Waals surface area contributed by atoms with Gasteiger partial charge in [0.05, 0.1) is 5.39 Å². The van der Waals surface area contributed by atoms with Gasteiger partial charge in [-0.25, -0.2) is 9.78 Å². The summed E-state index contributed by atoms with van der Waals surface area (Å²) in [5.41, 5.74) is 2.39. The van der Waals surface area contributed by atoms with Gasteiger partial charge < -0.3 is 0 Å². The molecule has 0 spiro atoms. The van der Waals surface area contributed by atoms with Crippen LogP contribution >= 0.6 is 0 Å². The van der Waals surface area contributed by atoms with Gasteiger partial charge in [0.1, 0.15) is 5.65 Å². The fourth-order valence-corrected chi connectivity index (χ4v) is 3.98. The van der Waals surface area contributed by atoms with Crippen LogP contribution in [-0.4, -0.2) is 14.5 Å². The van der Waals surface area contributed by atoms with E-state index in [9.17, 15) is 9.59 Å². The lowest BCUT2D eigenvalue weighted by Gasteiger charge is -2.13. The van der Waals surface area contributed by atoms with Crippen molar-refractivity contribution in [3.63, 3.8) is 0 Å². The minimum Gasteiger partial charge on any atom is -0.277 e. The van der Waals surface area contributed by atoms with Gasteiger partial charge in [0.2, 0.25) is 0 Å². The Morgan fingerprint density at radius 3 is 2.43 bits per heavy atom. The van der Waals surface area contributed by atoms with Crippen molar-refractivity contribution in [1.82, 2.24) is 14.5 Å². The Bertz CT molecular complexity index is 1480. The van der Waals surface area contributed by atoms with Crippen molar-refractivity contribution < 1.29 is 0 Å². The summed E-state index contributed by atoms with van der Waals surface area (Å²) in [7, 11) is 0. The number of pyridine rings is 1. The molecule has 2 heterocycles. The molecule has 5 aromatic rings. The Morgan fingerprint density at radius 2 is 1.57 bits per heavy atom. The van der Waals surface area contributed by atoms with E-state index in [1.807, 2.05) is 78.9 Å². The summed E-state index contributed by atoms with van der Waals surface area (Å²) in [5.74, 6) is 0. The molecule has 146 valence electrons. The van der Waals surface area contributed by atoms with Crippen LogP contribution in [0.1, 0.15) is 5.56 Å². The van der Waals surface area contributed by atoms with E-state index in [4.69, 9.17) is 0 Å². The quantitative estimate of drug-likeness (QED) is 0.499. The van der Waals surface area contributed by atoms with Crippen molar-refractivity contribution in [1.29, 1.82) is 0 Å². The molecule has 0 radical (unpaired) electrons. The molecule has 1 N–H and O–H groups in total. The SMILES string of the molecule is O=c1[nH]c(=O)n(CCc2ccccc2)c2nccc(-c3cccc4ccccc34)c12. The Hall–Kier alpha value is -3.99. The summed E-state index contributed by atoms with van der Waals surface area (Å²) >= 11 is 0. The molecule has 30 heavy (non-hydrogen) atoms. The zero-order valence-corrected chi connectivity index (χ0v) is 16.2. The maximum absolute atomic E-state index is 12.8. The third kappa shape index (κ3) is 3.10. The first-order valence-corrected chi connectivity index (χ1v) is 9.86. The maximum Gasteiger partial charge on any atom is 0.330 e. The number of hydrogen-bond acceptors (Lipinski definition) is 3. The Labute approximate surface area is 172 Å². The fraction of sp³-hybridized carbons (Fsp3) is 0.0800. The molecule has 0 bridgehead atoms. The highest BCUT2D eigenvalue weighted by molar-refractivity contribution is 6.03. The number of aromatic nitrogens is 3. The number of rotatable bonds is 4. The van der Waals surface area contributed by atoms with E-state index in [2.05, 4.69) is 9.97 Å². The molecule has 0 aliphatic rings. The normalized spacial score (nSPS) is 11.2. The molecule has 5 heteroatoms. The highest BCUT2D eigenvalue weighted by atomic mass is 16.2. The highest BCUT2D eigenvalue weighted by Crippen LogP contribution is 2.31. The Morgan fingerprint density at radius 1 is 0.800 bits per heavy atom. The van der Waals surface area contributed by atoms with Crippen LogP contribution in [0.15, 0.2) is 94.6 Å². The molecule has 0 amide bonds. The standard InChI is InChI=1S/C25H19N3O2/c29-24-22-21(20-12-6-10-18-9-4-5-11-19(18)20)13-15-26-23(22)28(25(30)27-24)16-14-17-7-2-1-3-8-17/h1-13,15H,14,16H2,(H,27,29,30). The smallest absolute Gasteiger partial charge is 0.277 e. The first kappa shape index (κ1) is 18.1. The predicted molar refractivity (Wildman–Crippen MR) is 120 cm³/mol. The lowest BCUT2D eigenvalue weighted by atomic mass is 9.97. The minimum absolute atomic E-state index is 0.408. The van der Waals surface area contributed by atoms with Crippen molar-refractivity contribution in [3.05, 3.63) is 111 Å². The van der Waals surface area contributed by atoms with Gasteiger partial charge in [0.25, 0.3) is 5.56 Å². The number of fused-ring (bicyclic) bond motifs is 2. The minimum atomic E-state index is -0.439. The van der Waals surface area contributed by atoms with Crippen LogP contribution in [0.25, 0.3) is 32.9 Å². The molecule has 3 aromatic carbocycles. The van der Waals surface area contributed by atoms with E-state index >= 15 is 0 Å². The Kier molecular flexibility index (Phi) is 4.48. The van der Waals surface area contributed by atoms with E-state index in [1.165, 1.54) is 0 Å².